The first-order chi connectivity index (χ1) is 12.8. The number of nitrogens with two attached hydrogens (primary N) is 1. The summed E-state index contributed by atoms with van der Waals surface area (Å²) < 4.78 is 0. The molecule has 2 aromatic carbocycles. The number of nitrogen functional groups attached to an aromatic ring is 1. The number of nitrogens with one attached hydrogen (secondary N) is 2. The molecule has 4 heteroatoms. The molecule has 0 radical (unpaired) electrons. The molecule has 146 valence electrons. The Morgan fingerprint density at radius 1 is 0.963 bits per heavy atom. The average Bonchev–Trinajstić information content (AvgIpc) is 2.61. The van der Waals surface area contributed by atoms with Gasteiger partial charge in [0.1, 0.15) is 0 Å². The Balaban J connectivity index is 0.000000321. The number of carbonyl (C=O) groups excluding carboxylic acids is 1. The van der Waals surface area contributed by atoms with Gasteiger partial charge in [-0.25, -0.2) is 0 Å². The van der Waals surface area contributed by atoms with Crippen LogP contribution in [-0.2, 0) is 4.79 Å². The summed E-state index contributed by atoms with van der Waals surface area (Å²) in [7, 11) is 0. The molecular formula is C23H33N3O. The first kappa shape index (κ1) is 21.0. The van der Waals surface area contributed by atoms with Crippen molar-refractivity contribution in [1.82, 2.24) is 10.6 Å². The van der Waals surface area contributed by atoms with E-state index >= 15 is 0 Å². The second kappa shape index (κ2) is 9.56. The van der Waals surface area contributed by atoms with Crippen molar-refractivity contribution >= 4 is 11.6 Å². The minimum atomic E-state index is -0.0814. The Hall–Kier alpha value is -2.33. The highest BCUT2D eigenvalue weighted by atomic mass is 16.2. The van der Waals surface area contributed by atoms with Gasteiger partial charge in [-0.3, -0.25) is 4.79 Å². The zero-order valence-electron chi connectivity index (χ0n) is 17.1. The third-order valence-corrected chi connectivity index (χ3v) is 4.63. The standard InChI is InChI=1S/C17H18N2O.C6H15N/c1-2-13-14-5-3-4-6-15(14)16(19-17(13)20)11-7-9-12(18)10-8-11;1-5(2)7-6(3)4/h3-10,13,16H,2,18H2,1H3,(H,19,20);5-7H,1-4H3. The maximum Gasteiger partial charge on any atom is 0.228 e. The SMILES string of the molecule is CC(C)NC(C)C.CCC1C(=O)NC(c2ccc(N)cc2)c2ccccc21. The van der Waals surface area contributed by atoms with Crippen LogP contribution in [0.2, 0.25) is 0 Å². The van der Waals surface area contributed by atoms with Gasteiger partial charge < -0.3 is 16.4 Å². The quantitative estimate of drug-likeness (QED) is 0.703. The summed E-state index contributed by atoms with van der Waals surface area (Å²) in [4.78, 5) is 12.3. The first-order valence-corrected chi connectivity index (χ1v) is 9.84. The summed E-state index contributed by atoms with van der Waals surface area (Å²) in [5, 5.41) is 6.44. The van der Waals surface area contributed by atoms with Crippen LogP contribution in [0.1, 0.15) is 69.7 Å². The van der Waals surface area contributed by atoms with E-state index in [1.54, 1.807) is 0 Å². The summed E-state index contributed by atoms with van der Waals surface area (Å²) in [6, 6.07) is 17.0. The highest BCUT2D eigenvalue weighted by Gasteiger charge is 2.32. The van der Waals surface area contributed by atoms with Crippen molar-refractivity contribution in [2.75, 3.05) is 5.73 Å². The van der Waals surface area contributed by atoms with Gasteiger partial charge in [-0.1, -0.05) is 71.0 Å². The third-order valence-electron chi connectivity index (χ3n) is 4.63. The molecule has 27 heavy (non-hydrogen) atoms. The van der Waals surface area contributed by atoms with Gasteiger partial charge in [0, 0.05) is 17.8 Å². The fourth-order valence-electron chi connectivity index (χ4n) is 3.58. The minimum absolute atomic E-state index is 0.0452. The molecular weight excluding hydrogens is 334 g/mol. The van der Waals surface area contributed by atoms with Gasteiger partial charge in [0.05, 0.1) is 12.0 Å². The maximum absolute atomic E-state index is 12.3. The number of benzene rings is 2. The largest absolute Gasteiger partial charge is 0.399 e. The van der Waals surface area contributed by atoms with Crippen LogP contribution in [0, 0.1) is 0 Å². The Morgan fingerprint density at radius 3 is 2.00 bits per heavy atom. The van der Waals surface area contributed by atoms with E-state index in [2.05, 4.69) is 50.5 Å². The molecule has 2 atom stereocenters. The molecule has 4 N–H and O–H groups in total. The van der Waals surface area contributed by atoms with Gasteiger partial charge in [0.2, 0.25) is 5.91 Å². The number of fused-ring (bicyclic) bond motifs is 1. The molecule has 0 bridgehead atoms. The molecule has 0 aromatic heterocycles. The van der Waals surface area contributed by atoms with E-state index in [1.807, 2.05) is 43.3 Å². The number of amides is 1. The summed E-state index contributed by atoms with van der Waals surface area (Å²) in [5.41, 5.74) is 9.85. The second-order valence-electron chi connectivity index (χ2n) is 7.67. The van der Waals surface area contributed by atoms with Gasteiger partial charge in [0.15, 0.2) is 0 Å². The minimum Gasteiger partial charge on any atom is -0.399 e. The van der Waals surface area contributed by atoms with Crippen LogP contribution in [0.5, 0.6) is 0 Å². The zero-order valence-corrected chi connectivity index (χ0v) is 17.1. The predicted octanol–water partition coefficient (Wildman–Crippen LogP) is 4.37. The van der Waals surface area contributed by atoms with Crippen LogP contribution in [0.25, 0.3) is 0 Å². The van der Waals surface area contributed by atoms with Crippen molar-refractivity contribution in [2.45, 2.75) is 65.1 Å². The van der Waals surface area contributed by atoms with Crippen molar-refractivity contribution in [3.8, 4) is 0 Å². The molecule has 0 saturated carbocycles. The van der Waals surface area contributed by atoms with Crippen LogP contribution < -0.4 is 16.4 Å². The highest BCUT2D eigenvalue weighted by Crippen LogP contribution is 2.36. The normalized spacial score (nSPS) is 18.6. The number of hydrogen-bond acceptors (Lipinski definition) is 3. The van der Waals surface area contributed by atoms with E-state index < -0.39 is 0 Å². The molecule has 0 fully saturated rings. The average molecular weight is 368 g/mol. The number of hydrogen-bond donors (Lipinski definition) is 3. The van der Waals surface area contributed by atoms with Crippen molar-refractivity contribution in [3.63, 3.8) is 0 Å². The van der Waals surface area contributed by atoms with E-state index in [9.17, 15) is 4.79 Å². The molecule has 0 spiro atoms. The Morgan fingerprint density at radius 2 is 1.52 bits per heavy atom. The lowest BCUT2D eigenvalue weighted by molar-refractivity contribution is -0.123. The van der Waals surface area contributed by atoms with Crippen molar-refractivity contribution in [1.29, 1.82) is 0 Å². The molecule has 3 rings (SSSR count). The van der Waals surface area contributed by atoms with Crippen molar-refractivity contribution < 1.29 is 4.79 Å². The molecule has 1 aliphatic rings. The van der Waals surface area contributed by atoms with Crippen LogP contribution >= 0.6 is 0 Å². The molecule has 2 aromatic rings. The van der Waals surface area contributed by atoms with Crippen LogP contribution in [0.3, 0.4) is 0 Å². The summed E-state index contributed by atoms with van der Waals surface area (Å²) in [6.07, 6.45) is 0.817. The Labute approximate surface area is 163 Å². The van der Waals surface area contributed by atoms with Crippen LogP contribution in [0.15, 0.2) is 48.5 Å². The molecule has 0 aliphatic carbocycles. The van der Waals surface area contributed by atoms with E-state index in [0.29, 0.717) is 12.1 Å². The van der Waals surface area contributed by atoms with Gasteiger partial charge in [-0.05, 0) is 35.2 Å². The molecule has 2 unspecified atom stereocenters. The van der Waals surface area contributed by atoms with Gasteiger partial charge in [0.25, 0.3) is 0 Å². The smallest absolute Gasteiger partial charge is 0.228 e. The summed E-state index contributed by atoms with van der Waals surface area (Å²) in [6.45, 7) is 10.7. The van der Waals surface area contributed by atoms with Crippen molar-refractivity contribution in [3.05, 3.63) is 65.2 Å². The molecule has 1 aliphatic heterocycles. The zero-order chi connectivity index (χ0) is 20.0. The van der Waals surface area contributed by atoms with Gasteiger partial charge in [-0.2, -0.15) is 0 Å². The lowest BCUT2D eigenvalue weighted by Gasteiger charge is -2.32. The maximum atomic E-state index is 12.3. The third kappa shape index (κ3) is 5.57. The molecule has 0 saturated heterocycles. The molecule has 1 amide bonds. The molecule has 4 nitrogen and oxygen atoms in total. The van der Waals surface area contributed by atoms with E-state index in [-0.39, 0.29) is 17.9 Å². The van der Waals surface area contributed by atoms with Crippen LogP contribution in [0.4, 0.5) is 5.69 Å². The first-order valence-electron chi connectivity index (χ1n) is 9.84. The van der Waals surface area contributed by atoms with Crippen molar-refractivity contribution in [2.24, 2.45) is 0 Å². The van der Waals surface area contributed by atoms with E-state index in [1.165, 1.54) is 5.56 Å². The molecule has 1 heterocycles. The highest BCUT2D eigenvalue weighted by molar-refractivity contribution is 5.87. The lowest BCUT2D eigenvalue weighted by atomic mass is 9.82. The fraction of sp³-hybridized carbons (Fsp3) is 0.435. The Kier molecular flexibility index (Phi) is 7.43. The topological polar surface area (TPSA) is 67.2 Å². The van der Waals surface area contributed by atoms with E-state index in [4.69, 9.17) is 5.73 Å². The van der Waals surface area contributed by atoms with E-state index in [0.717, 1.165) is 23.2 Å². The van der Waals surface area contributed by atoms with Gasteiger partial charge >= 0.3 is 0 Å². The number of rotatable bonds is 4. The van der Waals surface area contributed by atoms with Crippen LogP contribution in [-0.4, -0.2) is 18.0 Å². The monoisotopic (exact) mass is 367 g/mol. The second-order valence-corrected chi connectivity index (χ2v) is 7.67. The van der Waals surface area contributed by atoms with Gasteiger partial charge in [-0.15, -0.1) is 0 Å². The Bertz CT molecular complexity index is 732. The summed E-state index contributed by atoms with van der Waals surface area (Å²) >= 11 is 0. The fourth-order valence-corrected chi connectivity index (χ4v) is 3.58. The predicted molar refractivity (Wildman–Crippen MR) is 114 cm³/mol. The number of anilines is 1. The number of carbonyl (C=O) groups is 1. The lowest BCUT2D eigenvalue weighted by Crippen LogP contribution is -2.38. The summed E-state index contributed by atoms with van der Waals surface area (Å²) in [5.74, 6) is 0.0595.